The molecule has 31 heavy (non-hydrogen) atoms. The molecule has 7 heteroatoms. The molecule has 4 rings (SSSR count). The van der Waals surface area contributed by atoms with E-state index in [-0.39, 0.29) is 24.4 Å². The second-order valence-electron chi connectivity index (χ2n) is 8.38. The van der Waals surface area contributed by atoms with Crippen LogP contribution in [0.5, 0.6) is 5.75 Å². The van der Waals surface area contributed by atoms with Crippen molar-refractivity contribution < 1.29 is 18.7 Å². The molecular formula is C24H31N3O4. The summed E-state index contributed by atoms with van der Waals surface area (Å²) in [5.41, 5.74) is 1.03. The second-order valence-corrected chi connectivity index (χ2v) is 8.38. The van der Waals surface area contributed by atoms with Crippen molar-refractivity contribution in [3.63, 3.8) is 0 Å². The van der Waals surface area contributed by atoms with Crippen LogP contribution in [0, 0.1) is 0 Å². The summed E-state index contributed by atoms with van der Waals surface area (Å²) in [6, 6.07) is 7.68. The standard InChI is InChI=1S/C24H31N3O4/c1-30-21-11-5-4-9-18(21)15-19-16-25-24(31-19)20-10-6-8-14-27(20)23(29)17-26-13-7-2-3-12-22(26)28/h4-5,9,11,16,20H,2-3,6-8,10,12-15,17H2,1H3/t20-/m0/s1. The summed E-state index contributed by atoms with van der Waals surface area (Å²) >= 11 is 0. The smallest absolute Gasteiger partial charge is 0.242 e. The van der Waals surface area contributed by atoms with Gasteiger partial charge in [-0.05, 0) is 38.2 Å². The van der Waals surface area contributed by atoms with E-state index in [1.165, 1.54) is 0 Å². The van der Waals surface area contributed by atoms with Crippen molar-refractivity contribution in [1.82, 2.24) is 14.8 Å². The Hall–Kier alpha value is -2.83. The summed E-state index contributed by atoms with van der Waals surface area (Å²) in [4.78, 5) is 33.6. The lowest BCUT2D eigenvalue weighted by molar-refractivity contribution is -0.143. The van der Waals surface area contributed by atoms with Crippen molar-refractivity contribution in [1.29, 1.82) is 0 Å². The fourth-order valence-electron chi connectivity index (χ4n) is 4.54. The first-order chi connectivity index (χ1) is 15.2. The third-order valence-electron chi connectivity index (χ3n) is 6.23. The first-order valence-electron chi connectivity index (χ1n) is 11.3. The maximum Gasteiger partial charge on any atom is 0.242 e. The summed E-state index contributed by atoms with van der Waals surface area (Å²) in [5.74, 6) is 2.23. The molecule has 2 amide bonds. The van der Waals surface area contributed by atoms with Crippen molar-refractivity contribution >= 4 is 11.8 Å². The number of methoxy groups -OCH3 is 1. The normalized spacial score (nSPS) is 19.9. The lowest BCUT2D eigenvalue weighted by Crippen LogP contribution is -2.46. The van der Waals surface area contributed by atoms with Crippen molar-refractivity contribution in [3.05, 3.63) is 47.7 Å². The number of carbonyl (C=O) groups excluding carboxylic acids is 2. The van der Waals surface area contributed by atoms with Crippen molar-refractivity contribution in [2.45, 2.75) is 57.4 Å². The van der Waals surface area contributed by atoms with E-state index in [2.05, 4.69) is 4.98 Å². The maximum absolute atomic E-state index is 13.1. The number of carbonyl (C=O) groups is 2. The minimum atomic E-state index is -0.172. The highest BCUT2D eigenvalue weighted by Gasteiger charge is 2.33. The molecule has 0 bridgehead atoms. The number of oxazole rings is 1. The number of para-hydroxylation sites is 1. The van der Waals surface area contributed by atoms with Gasteiger partial charge in [-0.15, -0.1) is 0 Å². The Balaban J connectivity index is 1.46. The van der Waals surface area contributed by atoms with E-state index in [1.807, 2.05) is 29.2 Å². The molecule has 0 radical (unpaired) electrons. The molecule has 2 fully saturated rings. The van der Waals surface area contributed by atoms with Gasteiger partial charge in [0.15, 0.2) is 0 Å². The lowest BCUT2D eigenvalue weighted by Gasteiger charge is -2.35. The Bertz CT molecular complexity index is 910. The zero-order valence-electron chi connectivity index (χ0n) is 18.2. The Morgan fingerprint density at radius 1 is 1.16 bits per heavy atom. The molecule has 2 saturated heterocycles. The number of hydrogen-bond donors (Lipinski definition) is 0. The van der Waals surface area contributed by atoms with Crippen LogP contribution in [-0.2, 0) is 16.0 Å². The fraction of sp³-hybridized carbons (Fsp3) is 0.542. The molecule has 2 aromatic rings. The molecule has 1 atom stereocenters. The van der Waals surface area contributed by atoms with Gasteiger partial charge >= 0.3 is 0 Å². The average Bonchev–Trinajstić information content (AvgIpc) is 3.17. The number of piperidine rings is 1. The van der Waals surface area contributed by atoms with Gasteiger partial charge in [0.05, 0.1) is 19.9 Å². The van der Waals surface area contributed by atoms with Crippen molar-refractivity contribution in [3.8, 4) is 5.75 Å². The quantitative estimate of drug-likeness (QED) is 0.705. The number of nitrogens with zero attached hydrogens (tertiary/aromatic N) is 3. The van der Waals surface area contributed by atoms with Gasteiger partial charge in [-0.3, -0.25) is 9.59 Å². The third-order valence-corrected chi connectivity index (χ3v) is 6.23. The third kappa shape index (κ3) is 5.09. The molecular weight excluding hydrogens is 394 g/mol. The molecule has 0 aliphatic carbocycles. The first kappa shape index (κ1) is 21.4. The minimum absolute atomic E-state index is 0.00979. The van der Waals surface area contributed by atoms with Crippen LogP contribution in [-0.4, -0.2) is 53.3 Å². The van der Waals surface area contributed by atoms with Gasteiger partial charge in [0.2, 0.25) is 17.7 Å². The van der Waals surface area contributed by atoms with E-state index < -0.39 is 0 Å². The zero-order valence-corrected chi connectivity index (χ0v) is 18.2. The van der Waals surface area contributed by atoms with E-state index in [0.717, 1.165) is 55.6 Å². The highest BCUT2D eigenvalue weighted by molar-refractivity contribution is 5.85. The van der Waals surface area contributed by atoms with Gasteiger partial charge in [0.1, 0.15) is 17.6 Å². The lowest BCUT2D eigenvalue weighted by atomic mass is 10.0. The van der Waals surface area contributed by atoms with Crippen LogP contribution >= 0.6 is 0 Å². The number of hydrogen-bond acceptors (Lipinski definition) is 5. The fourth-order valence-corrected chi connectivity index (χ4v) is 4.54. The van der Waals surface area contributed by atoms with Gasteiger partial charge in [0, 0.05) is 31.5 Å². The summed E-state index contributed by atoms with van der Waals surface area (Å²) in [6.45, 7) is 1.50. The zero-order chi connectivity index (χ0) is 21.6. The molecule has 3 heterocycles. The molecule has 2 aliphatic rings. The molecule has 1 aromatic carbocycles. The monoisotopic (exact) mass is 425 g/mol. The van der Waals surface area contributed by atoms with E-state index in [9.17, 15) is 9.59 Å². The summed E-state index contributed by atoms with van der Waals surface area (Å²) in [6.07, 6.45) is 8.63. The van der Waals surface area contributed by atoms with Crippen LogP contribution in [0.15, 0.2) is 34.9 Å². The van der Waals surface area contributed by atoms with Crippen LogP contribution < -0.4 is 4.74 Å². The summed E-state index contributed by atoms with van der Waals surface area (Å²) in [7, 11) is 1.66. The van der Waals surface area contributed by atoms with E-state index in [0.29, 0.717) is 31.8 Å². The SMILES string of the molecule is COc1ccccc1Cc1cnc([C@@H]2CCCCN2C(=O)CN2CCCCCC2=O)o1. The van der Waals surface area contributed by atoms with Gasteiger partial charge in [-0.25, -0.2) is 4.98 Å². The Labute approximate surface area is 183 Å². The minimum Gasteiger partial charge on any atom is -0.496 e. The number of benzene rings is 1. The molecule has 0 spiro atoms. The molecule has 2 aliphatic heterocycles. The van der Waals surface area contributed by atoms with Gasteiger partial charge < -0.3 is 19.0 Å². The number of likely N-dealkylation sites (tertiary alicyclic amines) is 2. The molecule has 0 unspecified atom stereocenters. The second kappa shape index (κ2) is 9.98. The van der Waals surface area contributed by atoms with Gasteiger partial charge in [0.25, 0.3) is 0 Å². The summed E-state index contributed by atoms with van der Waals surface area (Å²) in [5, 5.41) is 0. The van der Waals surface area contributed by atoms with E-state index >= 15 is 0 Å². The predicted octanol–water partition coefficient (Wildman–Crippen LogP) is 3.73. The summed E-state index contributed by atoms with van der Waals surface area (Å²) < 4.78 is 11.5. The van der Waals surface area contributed by atoms with Crippen LogP contribution in [0.2, 0.25) is 0 Å². The predicted molar refractivity (Wildman–Crippen MR) is 116 cm³/mol. The van der Waals surface area contributed by atoms with E-state index in [4.69, 9.17) is 9.15 Å². The average molecular weight is 426 g/mol. The Morgan fingerprint density at radius 3 is 2.87 bits per heavy atom. The Kier molecular flexibility index (Phi) is 6.89. The molecule has 0 N–H and O–H groups in total. The highest BCUT2D eigenvalue weighted by atomic mass is 16.5. The van der Waals surface area contributed by atoms with E-state index in [1.54, 1.807) is 18.2 Å². The number of ether oxygens (including phenoxy) is 1. The molecule has 166 valence electrons. The molecule has 7 nitrogen and oxygen atoms in total. The maximum atomic E-state index is 13.1. The van der Waals surface area contributed by atoms with Crippen LogP contribution in [0.3, 0.4) is 0 Å². The number of aromatic nitrogens is 1. The Morgan fingerprint density at radius 2 is 2.00 bits per heavy atom. The number of amides is 2. The highest BCUT2D eigenvalue weighted by Crippen LogP contribution is 2.32. The largest absolute Gasteiger partial charge is 0.496 e. The van der Waals surface area contributed by atoms with Crippen LogP contribution in [0.1, 0.15) is 68.2 Å². The van der Waals surface area contributed by atoms with Crippen molar-refractivity contribution in [2.24, 2.45) is 0 Å². The molecule has 1 aromatic heterocycles. The first-order valence-corrected chi connectivity index (χ1v) is 11.3. The van der Waals surface area contributed by atoms with Crippen LogP contribution in [0.4, 0.5) is 0 Å². The van der Waals surface area contributed by atoms with Crippen LogP contribution in [0.25, 0.3) is 0 Å². The molecule has 0 saturated carbocycles. The topological polar surface area (TPSA) is 75.9 Å². The van der Waals surface area contributed by atoms with Crippen molar-refractivity contribution in [2.75, 3.05) is 26.7 Å². The number of rotatable bonds is 6. The van der Waals surface area contributed by atoms with Gasteiger partial charge in [-0.1, -0.05) is 24.6 Å². The van der Waals surface area contributed by atoms with Gasteiger partial charge in [-0.2, -0.15) is 0 Å².